The first-order valence-electron chi connectivity index (χ1n) is 11.6. The van der Waals surface area contributed by atoms with Crippen molar-refractivity contribution in [1.29, 1.82) is 0 Å². The van der Waals surface area contributed by atoms with Crippen molar-refractivity contribution < 1.29 is 18.9 Å². The van der Waals surface area contributed by atoms with E-state index in [9.17, 15) is 24.1 Å². The fourth-order valence-electron chi connectivity index (χ4n) is 4.41. The quantitative estimate of drug-likeness (QED) is 0.270. The zero-order chi connectivity index (χ0) is 25.8. The fraction of sp³-hybridized carbons (Fsp3) is 0.308. The molecule has 2 heterocycles. The van der Waals surface area contributed by atoms with Gasteiger partial charge in [-0.15, -0.1) is 11.3 Å². The van der Waals surface area contributed by atoms with Gasteiger partial charge in [0.25, 0.3) is 11.6 Å². The molecule has 0 saturated heterocycles. The summed E-state index contributed by atoms with van der Waals surface area (Å²) in [5.74, 6) is -1.07. The molecule has 4 rings (SSSR count). The van der Waals surface area contributed by atoms with E-state index < -0.39 is 10.8 Å². The van der Waals surface area contributed by atoms with Crippen LogP contribution in [0.4, 0.5) is 10.1 Å². The summed E-state index contributed by atoms with van der Waals surface area (Å²) in [6.45, 7) is 2.60. The summed E-state index contributed by atoms with van der Waals surface area (Å²) in [4.78, 5) is 42.0. The number of hydrogen-bond acceptors (Lipinski definition) is 5. The molecule has 1 aromatic heterocycles. The number of nitrogens with zero attached hydrogens (tertiary/aromatic N) is 3. The maximum absolute atomic E-state index is 13.7. The van der Waals surface area contributed by atoms with E-state index in [0.29, 0.717) is 25.9 Å². The molecule has 1 atom stereocenters. The van der Waals surface area contributed by atoms with Crippen molar-refractivity contribution in [1.82, 2.24) is 9.80 Å². The van der Waals surface area contributed by atoms with Crippen LogP contribution in [0.3, 0.4) is 0 Å². The van der Waals surface area contributed by atoms with Crippen LogP contribution in [-0.4, -0.2) is 46.2 Å². The molecule has 0 radical (unpaired) electrons. The van der Waals surface area contributed by atoms with Crippen molar-refractivity contribution >= 4 is 40.4 Å². The number of fused-ring (bicyclic) bond motifs is 1. The Morgan fingerprint density at radius 3 is 2.67 bits per heavy atom. The lowest BCUT2D eigenvalue weighted by Gasteiger charge is -2.37. The summed E-state index contributed by atoms with van der Waals surface area (Å²) < 4.78 is 13.6. The number of nitro groups is 1. The van der Waals surface area contributed by atoms with Crippen LogP contribution in [0.5, 0.6) is 0 Å². The first kappa shape index (κ1) is 25.8. The highest BCUT2D eigenvalue weighted by molar-refractivity contribution is 7.10. The maximum Gasteiger partial charge on any atom is 0.288 e. The zero-order valence-electron chi connectivity index (χ0n) is 19.7. The van der Waals surface area contributed by atoms with Crippen LogP contribution in [-0.2, 0) is 11.2 Å². The summed E-state index contributed by atoms with van der Waals surface area (Å²) >= 11 is 7.54. The second-order valence-electron chi connectivity index (χ2n) is 8.59. The molecule has 0 fully saturated rings. The van der Waals surface area contributed by atoms with Gasteiger partial charge in [-0.05, 0) is 59.7 Å². The number of carbonyl (C=O) groups excluding carboxylic acids is 2. The van der Waals surface area contributed by atoms with Crippen LogP contribution in [0.25, 0.3) is 0 Å². The molecule has 36 heavy (non-hydrogen) atoms. The molecule has 188 valence electrons. The lowest BCUT2D eigenvalue weighted by molar-refractivity contribution is -0.384. The summed E-state index contributed by atoms with van der Waals surface area (Å²) in [7, 11) is 0. The predicted octanol–water partition coefficient (Wildman–Crippen LogP) is 5.87. The fourth-order valence-corrected chi connectivity index (χ4v) is 5.50. The molecule has 1 aliphatic heterocycles. The summed E-state index contributed by atoms with van der Waals surface area (Å²) in [6, 6.07) is 11.6. The lowest BCUT2D eigenvalue weighted by atomic mass is 9.93. The number of nitro benzene ring substituents is 1. The summed E-state index contributed by atoms with van der Waals surface area (Å²) in [5.41, 5.74) is 1.54. The van der Waals surface area contributed by atoms with E-state index in [-0.39, 0.29) is 40.6 Å². The Kier molecular flexibility index (Phi) is 8.01. The maximum atomic E-state index is 13.7. The van der Waals surface area contributed by atoms with Gasteiger partial charge < -0.3 is 9.80 Å². The Morgan fingerprint density at radius 2 is 1.97 bits per heavy atom. The van der Waals surface area contributed by atoms with Crippen LogP contribution in [0.2, 0.25) is 5.02 Å². The minimum atomic E-state index is -0.639. The van der Waals surface area contributed by atoms with Gasteiger partial charge in [0.15, 0.2) is 0 Å². The molecule has 0 saturated carbocycles. The molecular formula is C26H25ClFN3O4S. The molecule has 7 nitrogen and oxygen atoms in total. The molecule has 0 spiro atoms. The second-order valence-corrected chi connectivity index (χ2v) is 10.0. The monoisotopic (exact) mass is 529 g/mol. The van der Waals surface area contributed by atoms with E-state index in [4.69, 9.17) is 11.6 Å². The number of hydrogen-bond donors (Lipinski definition) is 0. The van der Waals surface area contributed by atoms with Gasteiger partial charge in [0, 0.05) is 29.6 Å². The molecule has 1 aliphatic rings. The molecule has 0 N–H and O–H groups in total. The van der Waals surface area contributed by atoms with Gasteiger partial charge in [-0.1, -0.05) is 37.1 Å². The van der Waals surface area contributed by atoms with Crippen LogP contribution < -0.4 is 0 Å². The average molecular weight is 530 g/mol. The van der Waals surface area contributed by atoms with Gasteiger partial charge >= 0.3 is 0 Å². The Morgan fingerprint density at radius 1 is 1.22 bits per heavy atom. The van der Waals surface area contributed by atoms with Gasteiger partial charge in [0.05, 0.1) is 11.0 Å². The molecular weight excluding hydrogens is 505 g/mol. The van der Waals surface area contributed by atoms with E-state index in [1.54, 1.807) is 28.4 Å². The van der Waals surface area contributed by atoms with E-state index in [0.717, 1.165) is 23.6 Å². The highest BCUT2D eigenvalue weighted by Gasteiger charge is 2.34. The van der Waals surface area contributed by atoms with Crippen molar-refractivity contribution in [3.05, 3.63) is 96.4 Å². The van der Waals surface area contributed by atoms with E-state index in [1.807, 2.05) is 18.4 Å². The minimum Gasteiger partial charge on any atom is -0.330 e. The third-order valence-electron chi connectivity index (χ3n) is 6.26. The van der Waals surface area contributed by atoms with Crippen molar-refractivity contribution in [2.24, 2.45) is 0 Å². The number of thiophene rings is 1. The number of rotatable bonds is 8. The Hall–Kier alpha value is -3.30. The van der Waals surface area contributed by atoms with Crippen molar-refractivity contribution in [2.75, 3.05) is 19.6 Å². The first-order valence-corrected chi connectivity index (χ1v) is 12.9. The van der Waals surface area contributed by atoms with E-state index in [1.165, 1.54) is 34.0 Å². The van der Waals surface area contributed by atoms with Crippen molar-refractivity contribution in [3.8, 4) is 0 Å². The standard InChI is InChI=1S/C26H25ClFN3O4S/c1-2-3-12-29(26(33)18-6-9-21(27)22(15-18)31(34)35)16-24(32)30-13-10-23-20(11-14-36-23)25(30)17-4-7-19(28)8-5-17/h4-9,11,14-15,25H,2-3,10,12-13,16H2,1H3/t25-/m1/s1. The lowest BCUT2D eigenvalue weighted by Crippen LogP contribution is -2.47. The van der Waals surface area contributed by atoms with Crippen molar-refractivity contribution in [3.63, 3.8) is 0 Å². The van der Waals surface area contributed by atoms with Gasteiger partial charge in [0.1, 0.15) is 17.4 Å². The molecule has 2 amide bonds. The predicted molar refractivity (Wildman–Crippen MR) is 137 cm³/mol. The van der Waals surface area contributed by atoms with E-state index in [2.05, 4.69) is 0 Å². The topological polar surface area (TPSA) is 83.8 Å². The van der Waals surface area contributed by atoms with Gasteiger partial charge in [0.2, 0.25) is 5.91 Å². The molecule has 0 bridgehead atoms. The molecule has 0 aliphatic carbocycles. The second kappa shape index (κ2) is 11.2. The Bertz CT molecular complexity index is 1280. The van der Waals surface area contributed by atoms with Gasteiger partial charge in [-0.3, -0.25) is 19.7 Å². The highest BCUT2D eigenvalue weighted by atomic mass is 35.5. The normalized spacial score (nSPS) is 14.9. The van der Waals surface area contributed by atoms with Crippen molar-refractivity contribution in [2.45, 2.75) is 32.2 Å². The molecule has 0 unspecified atom stereocenters. The molecule has 3 aromatic rings. The highest BCUT2D eigenvalue weighted by Crippen LogP contribution is 2.38. The van der Waals surface area contributed by atoms with Crippen LogP contribution in [0.15, 0.2) is 53.9 Å². The number of benzene rings is 2. The van der Waals surface area contributed by atoms with Crippen LogP contribution >= 0.6 is 22.9 Å². The largest absolute Gasteiger partial charge is 0.330 e. The zero-order valence-corrected chi connectivity index (χ0v) is 21.2. The summed E-state index contributed by atoms with van der Waals surface area (Å²) in [6.07, 6.45) is 2.17. The third-order valence-corrected chi connectivity index (χ3v) is 7.57. The Labute approximate surface area is 217 Å². The third kappa shape index (κ3) is 5.42. The van der Waals surface area contributed by atoms with Crippen LogP contribution in [0.1, 0.15) is 52.2 Å². The molecule has 10 heteroatoms. The van der Waals surface area contributed by atoms with E-state index >= 15 is 0 Å². The first-order chi connectivity index (χ1) is 17.3. The Balaban J connectivity index is 1.62. The number of unbranched alkanes of at least 4 members (excludes halogenated alkanes) is 1. The van der Waals surface area contributed by atoms with Gasteiger partial charge in [-0.25, -0.2) is 4.39 Å². The summed E-state index contributed by atoms with van der Waals surface area (Å²) in [5, 5.41) is 13.2. The minimum absolute atomic E-state index is 0.0604. The van der Waals surface area contributed by atoms with Crippen LogP contribution in [0, 0.1) is 15.9 Å². The average Bonchev–Trinajstić information content (AvgIpc) is 3.35. The number of halogens is 2. The van der Waals surface area contributed by atoms with Gasteiger partial charge in [-0.2, -0.15) is 0 Å². The molecule has 2 aromatic carbocycles. The number of carbonyl (C=O) groups is 2. The smallest absolute Gasteiger partial charge is 0.288 e. The number of amides is 2. The SMILES string of the molecule is CCCCN(CC(=O)N1CCc2sccc2[C@H]1c1ccc(F)cc1)C(=O)c1ccc(Cl)c([N+](=O)[O-])c1.